The molecule has 0 saturated carbocycles. The van der Waals surface area contributed by atoms with E-state index < -0.39 is 0 Å². The van der Waals surface area contributed by atoms with Crippen LogP contribution in [0.1, 0.15) is 0 Å². The molecule has 61 heavy (non-hydrogen) atoms. The molecule has 0 radical (unpaired) electrons. The van der Waals surface area contributed by atoms with Crippen LogP contribution in [0.4, 0.5) is 0 Å². The molecule has 0 aliphatic heterocycles. The summed E-state index contributed by atoms with van der Waals surface area (Å²) < 4.78 is 6.19. The maximum atomic E-state index is 6.19. The Hall–Kier alpha value is -8.21. The van der Waals surface area contributed by atoms with Crippen LogP contribution < -0.4 is 0 Å². The zero-order valence-corrected chi connectivity index (χ0v) is 33.0. The Morgan fingerprint density at radius 3 is 1.57 bits per heavy atom. The molecule has 0 bridgehead atoms. The Kier molecular flexibility index (Phi) is 8.13. The van der Waals surface area contributed by atoms with Gasteiger partial charge in [0.2, 0.25) is 0 Å². The fraction of sp³-hybridized carbons (Fsp3) is 0. The van der Waals surface area contributed by atoms with Crippen molar-refractivity contribution in [1.82, 2.24) is 15.0 Å². The van der Waals surface area contributed by atoms with Crippen molar-refractivity contribution in [3.63, 3.8) is 0 Å². The quantitative estimate of drug-likeness (QED) is 0.125. The van der Waals surface area contributed by atoms with Gasteiger partial charge in [-0.25, -0.2) is 15.0 Å². The van der Waals surface area contributed by atoms with Gasteiger partial charge in [-0.3, -0.25) is 0 Å². The van der Waals surface area contributed by atoms with Gasteiger partial charge in [0.15, 0.2) is 17.5 Å². The highest BCUT2D eigenvalue weighted by atomic mass is 16.3. The molecule has 0 N–H and O–H groups in total. The number of furan rings is 1. The first kappa shape index (κ1) is 34.8. The molecule has 0 spiro atoms. The first-order valence-electron chi connectivity index (χ1n) is 20.6. The van der Waals surface area contributed by atoms with Crippen LogP contribution >= 0.6 is 0 Å². The van der Waals surface area contributed by atoms with Gasteiger partial charge < -0.3 is 4.42 Å². The molecule has 0 fully saturated rings. The third-order valence-corrected chi connectivity index (χ3v) is 11.9. The molecule has 2 heterocycles. The number of rotatable bonds is 6. The number of benzene rings is 10. The van der Waals surface area contributed by atoms with Crippen LogP contribution in [0, 0.1) is 0 Å². The van der Waals surface area contributed by atoms with Gasteiger partial charge in [-0.1, -0.05) is 188 Å². The molecule has 12 rings (SSSR count). The third kappa shape index (κ3) is 6.04. The van der Waals surface area contributed by atoms with Crippen LogP contribution in [0.2, 0.25) is 0 Å². The fourth-order valence-corrected chi connectivity index (χ4v) is 8.94. The van der Waals surface area contributed by atoms with Gasteiger partial charge in [-0.05, 0) is 90.0 Å². The molecule has 0 saturated heterocycles. The summed E-state index contributed by atoms with van der Waals surface area (Å²) in [6.45, 7) is 0. The summed E-state index contributed by atoms with van der Waals surface area (Å²) in [6, 6.07) is 74.7. The minimum absolute atomic E-state index is 0.607. The van der Waals surface area contributed by atoms with Crippen molar-refractivity contribution in [3.05, 3.63) is 212 Å². The van der Waals surface area contributed by atoms with Crippen LogP contribution in [0.15, 0.2) is 217 Å². The maximum absolute atomic E-state index is 6.19. The number of nitrogens with zero attached hydrogens (tertiary/aromatic N) is 3. The van der Waals surface area contributed by atoms with Crippen LogP contribution in [0.3, 0.4) is 0 Å². The largest absolute Gasteiger partial charge is 0.456 e. The Labute approximate surface area is 352 Å². The van der Waals surface area contributed by atoms with Gasteiger partial charge in [0.1, 0.15) is 11.2 Å². The van der Waals surface area contributed by atoms with E-state index in [2.05, 4.69) is 194 Å². The first-order chi connectivity index (χ1) is 30.2. The SMILES string of the molecule is c1ccc(-c2ccc(-c3nc(-c4ccc(-c5c6ccccc6cc6c5ccc5ccccc56)cc4)nc(-c4ccccc4-c4ccc5oc6ccccc6c5c4)n3)cc2)cc1. The van der Waals surface area contributed by atoms with E-state index in [9.17, 15) is 0 Å². The molecule has 12 aromatic rings. The zero-order valence-electron chi connectivity index (χ0n) is 33.0. The minimum Gasteiger partial charge on any atom is -0.456 e. The topological polar surface area (TPSA) is 51.8 Å². The van der Waals surface area contributed by atoms with E-state index in [0.29, 0.717) is 17.5 Å². The van der Waals surface area contributed by atoms with Crippen LogP contribution in [-0.2, 0) is 0 Å². The Balaban J connectivity index is 1.01. The number of aromatic nitrogens is 3. The second-order valence-corrected chi connectivity index (χ2v) is 15.5. The summed E-state index contributed by atoms with van der Waals surface area (Å²) in [4.78, 5) is 15.6. The van der Waals surface area contributed by atoms with Gasteiger partial charge in [0.25, 0.3) is 0 Å². The summed E-state index contributed by atoms with van der Waals surface area (Å²) in [6.07, 6.45) is 0. The lowest BCUT2D eigenvalue weighted by Crippen LogP contribution is -2.01. The average Bonchev–Trinajstić information content (AvgIpc) is 3.71. The second kappa shape index (κ2) is 14.3. The first-order valence-corrected chi connectivity index (χ1v) is 20.6. The van der Waals surface area contributed by atoms with Crippen LogP contribution in [-0.4, -0.2) is 15.0 Å². The van der Waals surface area contributed by atoms with Gasteiger partial charge in [0.05, 0.1) is 0 Å². The summed E-state index contributed by atoms with van der Waals surface area (Å²) in [5.74, 6) is 1.83. The lowest BCUT2D eigenvalue weighted by Gasteiger charge is -2.15. The highest BCUT2D eigenvalue weighted by Crippen LogP contribution is 2.41. The van der Waals surface area contributed by atoms with Crippen LogP contribution in [0.25, 0.3) is 122 Å². The Morgan fingerprint density at radius 2 is 0.803 bits per heavy atom. The lowest BCUT2D eigenvalue weighted by atomic mass is 9.89. The summed E-state index contributed by atoms with van der Waals surface area (Å²) in [7, 11) is 0. The summed E-state index contributed by atoms with van der Waals surface area (Å²) in [5, 5.41) is 9.57. The lowest BCUT2D eigenvalue weighted by molar-refractivity contribution is 0.669. The molecule has 4 nitrogen and oxygen atoms in total. The van der Waals surface area contributed by atoms with E-state index in [1.165, 1.54) is 37.9 Å². The molecule has 4 heteroatoms. The van der Waals surface area contributed by atoms with Crippen molar-refractivity contribution >= 4 is 54.3 Å². The predicted octanol–water partition coefficient (Wildman–Crippen LogP) is 15.2. The van der Waals surface area contributed by atoms with Gasteiger partial charge >= 0.3 is 0 Å². The Bertz CT molecular complexity index is 3630. The van der Waals surface area contributed by atoms with E-state index in [0.717, 1.165) is 66.4 Å². The molecule has 2 aromatic heterocycles. The van der Waals surface area contributed by atoms with Crippen molar-refractivity contribution < 1.29 is 4.42 Å². The number of fused-ring (bicyclic) bond motifs is 7. The summed E-state index contributed by atoms with van der Waals surface area (Å²) >= 11 is 0. The number of para-hydroxylation sites is 1. The second-order valence-electron chi connectivity index (χ2n) is 15.5. The number of hydrogen-bond acceptors (Lipinski definition) is 4. The zero-order chi connectivity index (χ0) is 40.3. The Morgan fingerprint density at radius 1 is 0.262 bits per heavy atom. The molecule has 0 amide bonds. The molecular formula is C57H35N3O. The van der Waals surface area contributed by atoms with E-state index in [4.69, 9.17) is 19.4 Å². The van der Waals surface area contributed by atoms with Crippen molar-refractivity contribution in [2.45, 2.75) is 0 Å². The van der Waals surface area contributed by atoms with E-state index in [1.807, 2.05) is 18.2 Å². The van der Waals surface area contributed by atoms with Crippen LogP contribution in [0.5, 0.6) is 0 Å². The monoisotopic (exact) mass is 777 g/mol. The average molecular weight is 778 g/mol. The maximum Gasteiger partial charge on any atom is 0.164 e. The summed E-state index contributed by atoms with van der Waals surface area (Å²) in [5.41, 5.74) is 11.2. The van der Waals surface area contributed by atoms with Gasteiger partial charge in [0, 0.05) is 27.5 Å². The van der Waals surface area contributed by atoms with E-state index >= 15 is 0 Å². The third-order valence-electron chi connectivity index (χ3n) is 11.9. The van der Waals surface area contributed by atoms with Gasteiger partial charge in [-0.15, -0.1) is 0 Å². The number of hydrogen-bond donors (Lipinski definition) is 0. The molecule has 0 atom stereocenters. The molecule has 10 aromatic carbocycles. The highest BCUT2D eigenvalue weighted by Gasteiger charge is 2.18. The van der Waals surface area contributed by atoms with E-state index in [1.54, 1.807) is 0 Å². The molecule has 0 aliphatic rings. The highest BCUT2D eigenvalue weighted by molar-refractivity contribution is 6.20. The molecular weight excluding hydrogens is 743 g/mol. The van der Waals surface area contributed by atoms with Crippen molar-refractivity contribution in [2.24, 2.45) is 0 Å². The molecule has 0 aliphatic carbocycles. The smallest absolute Gasteiger partial charge is 0.164 e. The van der Waals surface area contributed by atoms with E-state index in [-0.39, 0.29) is 0 Å². The van der Waals surface area contributed by atoms with Crippen molar-refractivity contribution in [2.75, 3.05) is 0 Å². The molecule has 284 valence electrons. The normalized spacial score (nSPS) is 11.6. The van der Waals surface area contributed by atoms with Crippen molar-refractivity contribution in [1.29, 1.82) is 0 Å². The minimum atomic E-state index is 0.607. The standard InChI is InChI=1S/C57H35N3O/c1-2-12-36(13-3-1)37-22-26-40(27-23-37)55-58-56(60-57(59-55)49-20-9-8-17-45(49)43-31-33-53-51(35-43)47-19-10-11-21-52(47)61-53)41-28-24-39(25-29-41)54-46-18-7-5-15-42(46)34-50-44-16-6-4-14-38(44)30-32-48(50)54/h1-35H. The predicted molar refractivity (Wildman–Crippen MR) is 252 cm³/mol. The van der Waals surface area contributed by atoms with Crippen molar-refractivity contribution in [3.8, 4) is 67.5 Å². The van der Waals surface area contributed by atoms with Gasteiger partial charge in [-0.2, -0.15) is 0 Å². The molecule has 0 unspecified atom stereocenters. The fourth-order valence-electron chi connectivity index (χ4n) is 8.94.